The SMILES string of the molecule is CNC(=O)CC=N/C=C/NCCCOC. The Morgan fingerprint density at radius 2 is 2.33 bits per heavy atom. The predicted octanol–water partition coefficient (Wildman–Crippen LogP) is 0.291. The van der Waals surface area contributed by atoms with E-state index in [-0.39, 0.29) is 5.91 Å². The van der Waals surface area contributed by atoms with Crippen LogP contribution in [-0.2, 0) is 9.53 Å². The van der Waals surface area contributed by atoms with Gasteiger partial charge in [-0.05, 0) is 6.42 Å². The summed E-state index contributed by atoms with van der Waals surface area (Å²) in [5, 5.41) is 5.55. The summed E-state index contributed by atoms with van der Waals surface area (Å²) < 4.78 is 4.89. The van der Waals surface area contributed by atoms with Crippen molar-refractivity contribution in [2.24, 2.45) is 4.99 Å². The molecule has 15 heavy (non-hydrogen) atoms. The van der Waals surface area contributed by atoms with Gasteiger partial charge in [0, 0.05) is 45.9 Å². The first-order chi connectivity index (χ1) is 7.31. The van der Waals surface area contributed by atoms with Crippen LogP contribution in [0, 0.1) is 0 Å². The summed E-state index contributed by atoms with van der Waals surface area (Å²) >= 11 is 0. The molecule has 1 amide bonds. The summed E-state index contributed by atoms with van der Waals surface area (Å²) in [7, 11) is 3.28. The first kappa shape index (κ1) is 13.6. The molecule has 0 aromatic rings. The summed E-state index contributed by atoms with van der Waals surface area (Å²) in [6.07, 6.45) is 6.20. The van der Waals surface area contributed by atoms with E-state index in [1.165, 1.54) is 0 Å². The van der Waals surface area contributed by atoms with Gasteiger partial charge in [-0.25, -0.2) is 0 Å². The molecule has 5 nitrogen and oxygen atoms in total. The third kappa shape index (κ3) is 10.6. The highest BCUT2D eigenvalue weighted by atomic mass is 16.5. The van der Waals surface area contributed by atoms with Gasteiger partial charge in [0.2, 0.25) is 5.91 Å². The quantitative estimate of drug-likeness (QED) is 0.450. The van der Waals surface area contributed by atoms with E-state index in [0.717, 1.165) is 19.6 Å². The normalized spacial score (nSPS) is 11.1. The van der Waals surface area contributed by atoms with Crippen LogP contribution in [0.2, 0.25) is 0 Å². The molecule has 2 N–H and O–H groups in total. The van der Waals surface area contributed by atoms with Crippen molar-refractivity contribution in [2.75, 3.05) is 27.3 Å². The summed E-state index contributed by atoms with van der Waals surface area (Å²) in [6.45, 7) is 1.61. The number of amides is 1. The number of nitrogens with one attached hydrogen (secondary N) is 2. The Labute approximate surface area is 90.6 Å². The van der Waals surface area contributed by atoms with Gasteiger partial charge in [-0.2, -0.15) is 0 Å². The number of aliphatic imine (C=N–C) groups is 1. The highest BCUT2D eigenvalue weighted by Crippen LogP contribution is 1.79. The van der Waals surface area contributed by atoms with E-state index in [2.05, 4.69) is 15.6 Å². The number of nitrogens with zero attached hydrogens (tertiary/aromatic N) is 1. The van der Waals surface area contributed by atoms with Crippen molar-refractivity contribution in [1.29, 1.82) is 0 Å². The average molecular weight is 213 g/mol. The van der Waals surface area contributed by atoms with Gasteiger partial charge in [0.05, 0.1) is 6.42 Å². The lowest BCUT2D eigenvalue weighted by atomic mass is 10.4. The molecule has 5 heteroatoms. The lowest BCUT2D eigenvalue weighted by Crippen LogP contribution is -2.17. The molecule has 86 valence electrons. The molecule has 0 aromatic carbocycles. The molecule has 0 rings (SSSR count). The van der Waals surface area contributed by atoms with E-state index < -0.39 is 0 Å². The maximum absolute atomic E-state index is 10.8. The summed E-state index contributed by atoms with van der Waals surface area (Å²) in [5.41, 5.74) is 0. The van der Waals surface area contributed by atoms with Crippen molar-refractivity contribution in [1.82, 2.24) is 10.6 Å². The van der Waals surface area contributed by atoms with Crippen LogP contribution in [0.15, 0.2) is 17.4 Å². The second-order valence-corrected chi connectivity index (χ2v) is 2.83. The molecule has 0 fully saturated rings. The standard InChI is InChI=1S/C10H19N3O2/c1-11-10(14)4-6-13-8-7-12-5-3-9-15-2/h6-8,12H,3-5,9H2,1-2H3,(H,11,14)/b8-7+,13-6?. The molecule has 0 aromatic heterocycles. The van der Waals surface area contributed by atoms with Gasteiger partial charge in [0.15, 0.2) is 0 Å². The second-order valence-electron chi connectivity index (χ2n) is 2.83. The van der Waals surface area contributed by atoms with Gasteiger partial charge in [0.1, 0.15) is 0 Å². The van der Waals surface area contributed by atoms with Crippen LogP contribution in [0.4, 0.5) is 0 Å². The minimum Gasteiger partial charge on any atom is -0.390 e. The van der Waals surface area contributed by atoms with Gasteiger partial charge in [0.25, 0.3) is 0 Å². The predicted molar refractivity (Wildman–Crippen MR) is 60.8 cm³/mol. The molecule has 0 aliphatic heterocycles. The molecule has 0 heterocycles. The minimum atomic E-state index is -0.0415. The molecule has 0 saturated carbocycles. The fourth-order valence-corrected chi connectivity index (χ4v) is 0.796. The van der Waals surface area contributed by atoms with Gasteiger partial charge in [-0.3, -0.25) is 9.79 Å². The van der Waals surface area contributed by atoms with Crippen molar-refractivity contribution in [3.8, 4) is 0 Å². The molecule has 0 saturated heterocycles. The summed E-state index contributed by atoms with van der Waals surface area (Å²) in [5.74, 6) is -0.0415. The largest absolute Gasteiger partial charge is 0.390 e. The number of rotatable bonds is 8. The Hall–Kier alpha value is -1.36. The number of hydrogen-bond donors (Lipinski definition) is 2. The van der Waals surface area contributed by atoms with Crippen LogP contribution in [0.1, 0.15) is 12.8 Å². The Morgan fingerprint density at radius 3 is 3.00 bits per heavy atom. The van der Waals surface area contributed by atoms with Gasteiger partial charge in [-0.15, -0.1) is 0 Å². The third-order valence-corrected chi connectivity index (χ3v) is 1.61. The zero-order valence-electron chi connectivity index (χ0n) is 9.32. The van der Waals surface area contributed by atoms with E-state index >= 15 is 0 Å². The Balaban J connectivity index is 3.33. The summed E-state index contributed by atoms with van der Waals surface area (Å²) in [4.78, 5) is 14.7. The molecular formula is C10H19N3O2. The molecule has 0 radical (unpaired) electrons. The van der Waals surface area contributed by atoms with Crippen molar-refractivity contribution >= 4 is 12.1 Å². The van der Waals surface area contributed by atoms with Crippen LogP contribution < -0.4 is 10.6 Å². The average Bonchev–Trinajstić information content (AvgIpc) is 2.26. The van der Waals surface area contributed by atoms with Gasteiger partial charge in [-0.1, -0.05) is 0 Å². The third-order valence-electron chi connectivity index (χ3n) is 1.61. The fraction of sp³-hybridized carbons (Fsp3) is 0.600. The van der Waals surface area contributed by atoms with Crippen molar-refractivity contribution < 1.29 is 9.53 Å². The van der Waals surface area contributed by atoms with Crippen molar-refractivity contribution in [3.63, 3.8) is 0 Å². The number of methoxy groups -OCH3 is 1. The van der Waals surface area contributed by atoms with Gasteiger partial charge >= 0.3 is 0 Å². The molecule has 0 aliphatic carbocycles. The van der Waals surface area contributed by atoms with Gasteiger partial charge < -0.3 is 15.4 Å². The maximum atomic E-state index is 10.8. The molecule has 0 aliphatic rings. The van der Waals surface area contributed by atoms with Crippen molar-refractivity contribution in [2.45, 2.75) is 12.8 Å². The van der Waals surface area contributed by atoms with Crippen LogP contribution in [0.5, 0.6) is 0 Å². The Kier molecular flexibility index (Phi) is 9.75. The van der Waals surface area contributed by atoms with Crippen molar-refractivity contribution in [3.05, 3.63) is 12.4 Å². The number of hydrogen-bond acceptors (Lipinski definition) is 4. The lowest BCUT2D eigenvalue weighted by Gasteiger charge is -1.98. The van der Waals surface area contributed by atoms with Crippen LogP contribution in [0.25, 0.3) is 0 Å². The topological polar surface area (TPSA) is 62.7 Å². The molecular weight excluding hydrogens is 194 g/mol. The minimum absolute atomic E-state index is 0.0415. The molecule has 0 bridgehead atoms. The number of carbonyl (C=O) groups excluding carboxylic acids is 1. The maximum Gasteiger partial charge on any atom is 0.225 e. The summed E-state index contributed by atoms with van der Waals surface area (Å²) in [6, 6.07) is 0. The Morgan fingerprint density at radius 1 is 1.53 bits per heavy atom. The lowest BCUT2D eigenvalue weighted by molar-refractivity contribution is -0.119. The highest BCUT2D eigenvalue weighted by molar-refractivity contribution is 5.89. The van der Waals surface area contributed by atoms with Crippen LogP contribution in [0.3, 0.4) is 0 Å². The zero-order valence-corrected chi connectivity index (χ0v) is 9.32. The Bertz CT molecular complexity index is 215. The second kappa shape index (κ2) is 10.7. The number of carbonyl (C=O) groups is 1. The first-order valence-corrected chi connectivity index (χ1v) is 4.90. The van der Waals surface area contributed by atoms with E-state index in [0.29, 0.717) is 6.42 Å². The van der Waals surface area contributed by atoms with E-state index in [4.69, 9.17) is 4.74 Å². The zero-order chi connectivity index (χ0) is 11.4. The monoisotopic (exact) mass is 213 g/mol. The van der Waals surface area contributed by atoms with Crippen LogP contribution >= 0.6 is 0 Å². The molecule has 0 atom stereocenters. The van der Waals surface area contributed by atoms with E-state index in [1.54, 1.807) is 32.8 Å². The van der Waals surface area contributed by atoms with E-state index in [9.17, 15) is 4.79 Å². The highest BCUT2D eigenvalue weighted by Gasteiger charge is 1.90. The molecule has 0 spiro atoms. The first-order valence-electron chi connectivity index (χ1n) is 4.90. The fourth-order valence-electron chi connectivity index (χ4n) is 0.796. The molecule has 0 unspecified atom stereocenters. The van der Waals surface area contributed by atoms with E-state index in [1.807, 2.05) is 0 Å². The smallest absolute Gasteiger partial charge is 0.225 e. The number of ether oxygens (including phenoxy) is 1. The van der Waals surface area contributed by atoms with Crippen LogP contribution in [-0.4, -0.2) is 39.4 Å².